The third-order valence-corrected chi connectivity index (χ3v) is 5.89. The van der Waals surface area contributed by atoms with Crippen molar-refractivity contribution >= 4 is 44.7 Å². The number of Topliss-reactive ketones (excluding diaryl/α,β-unsaturated/α-hetero) is 1. The zero-order valence-corrected chi connectivity index (χ0v) is 19.0. The number of ketones is 1. The molecule has 0 aliphatic rings. The fourth-order valence-electron chi connectivity index (χ4n) is 4.23. The number of carbonyl (C=O) groups is 1. The first-order valence-electron chi connectivity index (χ1n) is 10.2. The number of hydrogen-bond donors (Lipinski definition) is 2. The molecule has 7 heteroatoms. The highest BCUT2D eigenvalue weighted by molar-refractivity contribution is 6.18. The van der Waals surface area contributed by atoms with E-state index in [4.69, 9.17) is 31.5 Å². The van der Waals surface area contributed by atoms with Crippen LogP contribution in [0, 0.1) is 0 Å². The van der Waals surface area contributed by atoms with Crippen molar-refractivity contribution in [3.8, 4) is 17.2 Å². The van der Waals surface area contributed by atoms with Gasteiger partial charge in [0, 0.05) is 28.8 Å². The number of H-pyrrole nitrogens is 1. The minimum Gasteiger partial charge on any atom is -0.493 e. The number of anilines is 1. The number of fused-ring (bicyclic) bond motifs is 2. The third-order valence-electron chi connectivity index (χ3n) is 5.70. The summed E-state index contributed by atoms with van der Waals surface area (Å²) >= 11 is 6.09. The molecular weight excluding hydrogens is 428 g/mol. The molecule has 4 rings (SSSR count). The van der Waals surface area contributed by atoms with Crippen LogP contribution in [0.3, 0.4) is 0 Å². The molecule has 3 N–H and O–H groups in total. The number of aromatic amines is 1. The Morgan fingerprint density at radius 1 is 1.00 bits per heavy atom. The molecule has 0 aliphatic heterocycles. The summed E-state index contributed by atoms with van der Waals surface area (Å²) in [5.41, 5.74) is 10.0. The van der Waals surface area contributed by atoms with E-state index in [-0.39, 0.29) is 12.2 Å². The predicted molar refractivity (Wildman–Crippen MR) is 129 cm³/mol. The SMILES string of the molecule is COc1cc2cc(C(=O)Cc3cc(N)c4ccccc4c3CCCl)[nH]c2c(OC)c1OC. The van der Waals surface area contributed by atoms with Crippen molar-refractivity contribution in [1.82, 2.24) is 4.98 Å². The van der Waals surface area contributed by atoms with E-state index >= 15 is 0 Å². The van der Waals surface area contributed by atoms with Gasteiger partial charge in [-0.15, -0.1) is 11.6 Å². The molecule has 6 nitrogen and oxygen atoms in total. The fraction of sp³-hybridized carbons (Fsp3) is 0.240. The van der Waals surface area contributed by atoms with Crippen molar-refractivity contribution in [2.45, 2.75) is 12.8 Å². The number of benzene rings is 3. The average Bonchev–Trinajstić information content (AvgIpc) is 3.24. The van der Waals surface area contributed by atoms with Gasteiger partial charge >= 0.3 is 0 Å². The van der Waals surface area contributed by atoms with Gasteiger partial charge in [0.05, 0.1) is 32.5 Å². The van der Waals surface area contributed by atoms with Crippen LogP contribution in [-0.2, 0) is 12.8 Å². The van der Waals surface area contributed by atoms with Gasteiger partial charge in [-0.3, -0.25) is 4.79 Å². The largest absolute Gasteiger partial charge is 0.493 e. The van der Waals surface area contributed by atoms with Crippen LogP contribution in [0.25, 0.3) is 21.7 Å². The van der Waals surface area contributed by atoms with Crippen molar-refractivity contribution in [1.29, 1.82) is 0 Å². The number of aryl methyl sites for hydroxylation is 1. The number of nitrogen functional groups attached to an aromatic ring is 1. The number of alkyl halides is 1. The number of carbonyl (C=O) groups excluding carboxylic acids is 1. The standard InChI is InChI=1S/C25H25ClN2O4/c1-30-22-13-15-11-20(28-23(15)25(32-3)24(22)31-2)21(29)12-14-10-19(27)18-7-5-4-6-17(18)16(14)8-9-26/h4-7,10-11,13,28H,8-9,12,27H2,1-3H3. The minimum absolute atomic E-state index is 0.0632. The van der Waals surface area contributed by atoms with Gasteiger partial charge in [-0.05, 0) is 41.1 Å². The maximum absolute atomic E-state index is 13.3. The summed E-state index contributed by atoms with van der Waals surface area (Å²) in [5, 5.41) is 2.80. The second kappa shape index (κ2) is 9.01. The van der Waals surface area contributed by atoms with Crippen LogP contribution in [0.1, 0.15) is 21.6 Å². The number of methoxy groups -OCH3 is 3. The Morgan fingerprint density at radius 2 is 1.72 bits per heavy atom. The molecule has 0 spiro atoms. The van der Waals surface area contributed by atoms with Crippen LogP contribution in [-0.4, -0.2) is 38.0 Å². The Morgan fingerprint density at radius 3 is 2.38 bits per heavy atom. The molecule has 0 unspecified atom stereocenters. The molecule has 3 aromatic carbocycles. The van der Waals surface area contributed by atoms with Crippen LogP contribution >= 0.6 is 11.6 Å². The van der Waals surface area contributed by atoms with Crippen molar-refractivity contribution < 1.29 is 19.0 Å². The predicted octanol–water partition coefficient (Wildman–Crippen LogP) is 5.14. The fourth-order valence-corrected chi connectivity index (χ4v) is 4.42. The molecule has 1 heterocycles. The number of rotatable bonds is 8. The number of nitrogens with two attached hydrogens (primary N) is 1. The van der Waals surface area contributed by atoms with Crippen molar-refractivity contribution in [3.05, 3.63) is 59.3 Å². The monoisotopic (exact) mass is 452 g/mol. The van der Waals surface area contributed by atoms with Crippen LogP contribution in [0.2, 0.25) is 0 Å². The van der Waals surface area contributed by atoms with E-state index in [2.05, 4.69) is 4.98 Å². The Balaban J connectivity index is 1.78. The lowest BCUT2D eigenvalue weighted by Crippen LogP contribution is -2.08. The lowest BCUT2D eigenvalue weighted by Gasteiger charge is -2.14. The molecule has 32 heavy (non-hydrogen) atoms. The number of halogens is 1. The third kappa shape index (κ3) is 3.71. The summed E-state index contributed by atoms with van der Waals surface area (Å²) in [6.07, 6.45) is 0.852. The smallest absolute Gasteiger partial charge is 0.205 e. The van der Waals surface area contributed by atoms with Gasteiger partial charge in [0.25, 0.3) is 0 Å². The molecule has 0 bridgehead atoms. The minimum atomic E-state index is -0.0632. The van der Waals surface area contributed by atoms with Gasteiger partial charge in [0.2, 0.25) is 5.75 Å². The molecule has 0 aliphatic carbocycles. The molecule has 0 radical (unpaired) electrons. The highest BCUT2D eigenvalue weighted by atomic mass is 35.5. The lowest BCUT2D eigenvalue weighted by atomic mass is 9.92. The highest BCUT2D eigenvalue weighted by Gasteiger charge is 2.21. The number of hydrogen-bond acceptors (Lipinski definition) is 5. The first-order valence-corrected chi connectivity index (χ1v) is 10.8. The topological polar surface area (TPSA) is 86.6 Å². The Labute approximate surface area is 191 Å². The van der Waals surface area contributed by atoms with Gasteiger partial charge in [0.1, 0.15) is 0 Å². The zero-order chi connectivity index (χ0) is 22.8. The molecule has 0 saturated carbocycles. The summed E-state index contributed by atoms with van der Waals surface area (Å²) < 4.78 is 16.4. The normalized spacial score (nSPS) is 11.1. The van der Waals surface area contributed by atoms with Gasteiger partial charge < -0.3 is 24.9 Å². The van der Waals surface area contributed by atoms with Gasteiger partial charge in [-0.2, -0.15) is 0 Å². The van der Waals surface area contributed by atoms with Crippen LogP contribution in [0.15, 0.2) is 42.5 Å². The summed E-state index contributed by atoms with van der Waals surface area (Å²) in [6, 6.07) is 13.4. The Bertz CT molecular complexity index is 1310. The molecule has 0 atom stereocenters. The first-order chi connectivity index (χ1) is 15.5. The second-order valence-corrected chi connectivity index (χ2v) is 7.86. The molecular formula is C25H25ClN2O4. The maximum Gasteiger partial charge on any atom is 0.205 e. The molecule has 0 saturated heterocycles. The van der Waals surface area contributed by atoms with Crippen LogP contribution < -0.4 is 19.9 Å². The van der Waals surface area contributed by atoms with Crippen molar-refractivity contribution in [3.63, 3.8) is 0 Å². The molecule has 166 valence electrons. The maximum atomic E-state index is 13.3. The second-order valence-electron chi connectivity index (χ2n) is 7.48. The van der Waals surface area contributed by atoms with Crippen LogP contribution in [0.5, 0.6) is 17.2 Å². The molecule has 0 fully saturated rings. The van der Waals surface area contributed by atoms with E-state index in [1.54, 1.807) is 27.4 Å². The van der Waals surface area contributed by atoms with E-state index in [0.29, 0.717) is 46.4 Å². The zero-order valence-electron chi connectivity index (χ0n) is 18.3. The van der Waals surface area contributed by atoms with Gasteiger partial charge in [-0.1, -0.05) is 24.3 Å². The summed E-state index contributed by atoms with van der Waals surface area (Å²) in [5.74, 6) is 1.88. The number of ether oxygens (including phenoxy) is 3. The number of nitrogens with one attached hydrogen (secondary N) is 1. The summed E-state index contributed by atoms with van der Waals surface area (Å²) in [6.45, 7) is 0. The first kappa shape index (κ1) is 21.8. The van der Waals surface area contributed by atoms with Gasteiger partial charge in [-0.25, -0.2) is 0 Å². The molecule has 1 aromatic heterocycles. The highest BCUT2D eigenvalue weighted by Crippen LogP contribution is 2.43. The van der Waals surface area contributed by atoms with Crippen LogP contribution in [0.4, 0.5) is 5.69 Å². The average molecular weight is 453 g/mol. The quantitative estimate of drug-likeness (QED) is 0.220. The van der Waals surface area contributed by atoms with E-state index in [1.165, 1.54) is 0 Å². The molecule has 0 amide bonds. The summed E-state index contributed by atoms with van der Waals surface area (Å²) in [7, 11) is 4.66. The Kier molecular flexibility index (Phi) is 6.15. The van der Waals surface area contributed by atoms with E-state index in [9.17, 15) is 4.79 Å². The van der Waals surface area contributed by atoms with Gasteiger partial charge in [0.15, 0.2) is 17.3 Å². The van der Waals surface area contributed by atoms with E-state index in [1.807, 2.05) is 36.4 Å². The number of aromatic nitrogens is 1. The van der Waals surface area contributed by atoms with E-state index < -0.39 is 0 Å². The molecule has 4 aromatic rings. The van der Waals surface area contributed by atoms with E-state index in [0.717, 1.165) is 27.3 Å². The summed E-state index contributed by atoms with van der Waals surface area (Å²) in [4.78, 5) is 16.5. The Hall–Kier alpha value is -3.38. The van der Waals surface area contributed by atoms with Crippen molar-refractivity contribution in [2.24, 2.45) is 0 Å². The lowest BCUT2D eigenvalue weighted by molar-refractivity contribution is 0.0989. The van der Waals surface area contributed by atoms with Crippen molar-refractivity contribution in [2.75, 3.05) is 32.9 Å².